The van der Waals surface area contributed by atoms with Crippen LogP contribution in [0.3, 0.4) is 0 Å². The van der Waals surface area contributed by atoms with E-state index in [1.165, 1.54) is 11.1 Å². The molecule has 4 heteroatoms. The van der Waals surface area contributed by atoms with Crippen molar-refractivity contribution in [3.8, 4) is 0 Å². The lowest BCUT2D eigenvalue weighted by Crippen LogP contribution is -2.37. The van der Waals surface area contributed by atoms with Gasteiger partial charge in [-0.1, -0.05) is 42.5 Å². The van der Waals surface area contributed by atoms with E-state index in [0.29, 0.717) is 13.0 Å². The maximum absolute atomic E-state index is 13.3. The van der Waals surface area contributed by atoms with Crippen molar-refractivity contribution in [3.05, 3.63) is 65.2 Å². The predicted octanol–water partition coefficient (Wildman–Crippen LogP) is 4.02. The average molecular weight is 362 g/mol. The van der Waals surface area contributed by atoms with E-state index in [2.05, 4.69) is 25.1 Å². The number of likely N-dealkylation sites (tertiary alicyclic amines) is 1. The second-order valence-electron chi connectivity index (χ2n) is 7.72. The summed E-state index contributed by atoms with van der Waals surface area (Å²) < 4.78 is 0. The predicted molar refractivity (Wildman–Crippen MR) is 107 cm³/mol. The minimum Gasteiger partial charge on any atom is -0.335 e. The van der Waals surface area contributed by atoms with Gasteiger partial charge < -0.3 is 9.80 Å². The van der Waals surface area contributed by atoms with Gasteiger partial charge in [-0.25, -0.2) is 0 Å². The smallest absolute Gasteiger partial charge is 0.228 e. The van der Waals surface area contributed by atoms with Crippen molar-refractivity contribution in [1.29, 1.82) is 0 Å². The molecule has 0 saturated carbocycles. The van der Waals surface area contributed by atoms with Crippen molar-refractivity contribution in [2.45, 2.75) is 39.2 Å². The van der Waals surface area contributed by atoms with Crippen LogP contribution in [0.2, 0.25) is 0 Å². The van der Waals surface area contributed by atoms with E-state index in [1.807, 2.05) is 42.2 Å². The highest BCUT2D eigenvalue weighted by Gasteiger charge is 2.40. The topological polar surface area (TPSA) is 40.6 Å². The zero-order valence-electron chi connectivity index (χ0n) is 16.0. The fourth-order valence-electron chi connectivity index (χ4n) is 4.42. The normalized spacial score (nSPS) is 22.5. The lowest BCUT2D eigenvalue weighted by Gasteiger charge is -2.28. The maximum atomic E-state index is 13.3. The van der Waals surface area contributed by atoms with Gasteiger partial charge in [-0.15, -0.1) is 0 Å². The molecule has 2 heterocycles. The molecule has 0 unspecified atom stereocenters. The van der Waals surface area contributed by atoms with Gasteiger partial charge in [-0.05, 0) is 49.4 Å². The lowest BCUT2D eigenvalue weighted by atomic mass is 10.0. The Labute approximate surface area is 160 Å². The molecule has 0 bridgehead atoms. The lowest BCUT2D eigenvalue weighted by molar-refractivity contribution is -0.136. The molecule has 0 radical (unpaired) electrons. The van der Waals surface area contributed by atoms with Crippen LogP contribution in [0.1, 0.15) is 42.0 Å². The number of nitrogens with zero attached hydrogens (tertiary/aromatic N) is 2. The standard InChI is InChI=1S/C23H26N2O2/c1-16-8-6-11-20(17(16)2)25-15-19(14-22(25)26)23(27)24-13-7-12-21(24)18-9-4-3-5-10-18/h3-6,8-11,19,21H,7,12-15H2,1-2H3/t19-,21+/m1/s1. The van der Waals surface area contributed by atoms with E-state index >= 15 is 0 Å². The van der Waals surface area contributed by atoms with Crippen LogP contribution in [-0.2, 0) is 9.59 Å². The average Bonchev–Trinajstić information content (AvgIpc) is 3.31. The third kappa shape index (κ3) is 3.25. The van der Waals surface area contributed by atoms with Crippen LogP contribution in [0.15, 0.2) is 48.5 Å². The first-order valence-corrected chi connectivity index (χ1v) is 9.78. The maximum Gasteiger partial charge on any atom is 0.228 e. The molecule has 2 aliphatic heterocycles. The summed E-state index contributed by atoms with van der Waals surface area (Å²) >= 11 is 0. The second kappa shape index (κ2) is 7.18. The van der Waals surface area contributed by atoms with Crippen molar-refractivity contribution < 1.29 is 9.59 Å². The van der Waals surface area contributed by atoms with Crippen LogP contribution in [0, 0.1) is 19.8 Å². The Bertz CT molecular complexity index is 862. The molecule has 0 N–H and O–H groups in total. The van der Waals surface area contributed by atoms with Gasteiger partial charge in [0.1, 0.15) is 0 Å². The minimum absolute atomic E-state index is 0.0532. The van der Waals surface area contributed by atoms with Crippen LogP contribution in [-0.4, -0.2) is 29.8 Å². The van der Waals surface area contributed by atoms with Gasteiger partial charge in [0, 0.05) is 25.2 Å². The molecule has 2 aromatic rings. The zero-order chi connectivity index (χ0) is 19.0. The summed E-state index contributed by atoms with van der Waals surface area (Å²) in [5, 5.41) is 0. The van der Waals surface area contributed by atoms with Gasteiger partial charge in [0.15, 0.2) is 0 Å². The first-order chi connectivity index (χ1) is 13.1. The summed E-state index contributed by atoms with van der Waals surface area (Å²) in [5.74, 6) is -0.0678. The van der Waals surface area contributed by atoms with Crippen LogP contribution < -0.4 is 4.90 Å². The summed E-state index contributed by atoms with van der Waals surface area (Å²) in [4.78, 5) is 29.7. The number of carbonyl (C=O) groups excluding carboxylic acids is 2. The number of carbonyl (C=O) groups is 2. The number of hydrogen-bond acceptors (Lipinski definition) is 2. The van der Waals surface area contributed by atoms with Crippen LogP contribution in [0.25, 0.3) is 0 Å². The van der Waals surface area contributed by atoms with Crippen molar-refractivity contribution in [3.63, 3.8) is 0 Å². The molecule has 4 nitrogen and oxygen atoms in total. The minimum atomic E-state index is -0.248. The van der Waals surface area contributed by atoms with E-state index < -0.39 is 0 Å². The summed E-state index contributed by atoms with van der Waals surface area (Å²) in [6, 6.07) is 16.4. The van der Waals surface area contributed by atoms with Gasteiger partial charge in [-0.2, -0.15) is 0 Å². The number of aryl methyl sites for hydroxylation is 1. The molecule has 2 saturated heterocycles. The zero-order valence-corrected chi connectivity index (χ0v) is 16.0. The molecular weight excluding hydrogens is 336 g/mol. The van der Waals surface area contributed by atoms with Gasteiger partial charge in [0.25, 0.3) is 0 Å². The first kappa shape index (κ1) is 17.8. The van der Waals surface area contributed by atoms with Gasteiger partial charge in [0.05, 0.1) is 12.0 Å². The molecule has 2 aromatic carbocycles. The van der Waals surface area contributed by atoms with E-state index in [-0.39, 0.29) is 23.8 Å². The molecule has 2 aliphatic rings. The molecule has 140 valence electrons. The van der Waals surface area contributed by atoms with E-state index in [4.69, 9.17) is 0 Å². The summed E-state index contributed by atoms with van der Waals surface area (Å²) in [5.41, 5.74) is 4.41. The fraction of sp³-hybridized carbons (Fsp3) is 0.391. The third-order valence-corrected chi connectivity index (χ3v) is 6.06. The van der Waals surface area contributed by atoms with Crippen LogP contribution >= 0.6 is 0 Å². The van der Waals surface area contributed by atoms with Gasteiger partial charge >= 0.3 is 0 Å². The molecule has 0 aliphatic carbocycles. The number of amides is 2. The number of benzene rings is 2. The molecule has 2 fully saturated rings. The molecule has 27 heavy (non-hydrogen) atoms. The van der Waals surface area contributed by atoms with Crippen molar-refractivity contribution in [1.82, 2.24) is 4.90 Å². The molecule has 0 aromatic heterocycles. The SMILES string of the molecule is Cc1cccc(N2C[C@H](C(=O)N3CCC[C@H]3c3ccccc3)CC2=O)c1C. The Morgan fingerprint density at radius 3 is 2.59 bits per heavy atom. The highest BCUT2D eigenvalue weighted by molar-refractivity contribution is 6.01. The molecule has 2 atom stereocenters. The van der Waals surface area contributed by atoms with Crippen LogP contribution in [0.4, 0.5) is 5.69 Å². The van der Waals surface area contributed by atoms with E-state index in [9.17, 15) is 9.59 Å². The number of hydrogen-bond donors (Lipinski definition) is 0. The van der Waals surface area contributed by atoms with Crippen molar-refractivity contribution in [2.75, 3.05) is 18.0 Å². The molecule has 0 spiro atoms. The van der Waals surface area contributed by atoms with Gasteiger partial charge in [-0.3, -0.25) is 9.59 Å². The second-order valence-corrected chi connectivity index (χ2v) is 7.72. The van der Waals surface area contributed by atoms with Gasteiger partial charge in [0.2, 0.25) is 11.8 Å². The van der Waals surface area contributed by atoms with Crippen molar-refractivity contribution >= 4 is 17.5 Å². The van der Waals surface area contributed by atoms with E-state index in [1.54, 1.807) is 4.90 Å². The Morgan fingerprint density at radius 1 is 1.04 bits per heavy atom. The number of rotatable bonds is 3. The Balaban J connectivity index is 1.53. The monoisotopic (exact) mass is 362 g/mol. The van der Waals surface area contributed by atoms with E-state index in [0.717, 1.165) is 30.6 Å². The Hall–Kier alpha value is -2.62. The largest absolute Gasteiger partial charge is 0.335 e. The first-order valence-electron chi connectivity index (χ1n) is 9.78. The fourth-order valence-corrected chi connectivity index (χ4v) is 4.42. The Morgan fingerprint density at radius 2 is 1.81 bits per heavy atom. The summed E-state index contributed by atoms with van der Waals surface area (Å²) in [6.07, 6.45) is 2.33. The van der Waals surface area contributed by atoms with Crippen molar-refractivity contribution in [2.24, 2.45) is 5.92 Å². The Kier molecular flexibility index (Phi) is 4.73. The molecule has 4 rings (SSSR count). The summed E-state index contributed by atoms with van der Waals surface area (Å²) in [7, 11) is 0. The summed E-state index contributed by atoms with van der Waals surface area (Å²) in [6.45, 7) is 5.36. The number of anilines is 1. The molecule has 2 amide bonds. The third-order valence-electron chi connectivity index (χ3n) is 6.06. The molecular formula is C23H26N2O2. The highest BCUT2D eigenvalue weighted by atomic mass is 16.2. The quantitative estimate of drug-likeness (QED) is 0.827. The van der Waals surface area contributed by atoms with Crippen LogP contribution in [0.5, 0.6) is 0 Å². The highest BCUT2D eigenvalue weighted by Crippen LogP contribution is 2.36.